The number of rotatable bonds is 4. The molecule has 4 nitrogen and oxygen atoms in total. The number of anilines is 1. The summed E-state index contributed by atoms with van der Waals surface area (Å²) in [5.74, 6) is 0.198. The molecule has 5 heteroatoms. The van der Waals surface area contributed by atoms with E-state index in [1.807, 2.05) is 0 Å². The molecule has 104 valence electrons. The number of halogens is 1. The van der Waals surface area contributed by atoms with Crippen LogP contribution in [0.3, 0.4) is 0 Å². The van der Waals surface area contributed by atoms with E-state index in [0.29, 0.717) is 18.3 Å². The molecule has 0 atom stereocenters. The number of amides is 1. The summed E-state index contributed by atoms with van der Waals surface area (Å²) in [6.07, 6.45) is 7.21. The van der Waals surface area contributed by atoms with Crippen molar-refractivity contribution in [2.75, 3.05) is 18.9 Å². The smallest absolute Gasteiger partial charge is 0.255 e. The van der Waals surface area contributed by atoms with Gasteiger partial charge in [0.2, 0.25) is 0 Å². The molecule has 1 fully saturated rings. The van der Waals surface area contributed by atoms with E-state index >= 15 is 0 Å². The van der Waals surface area contributed by atoms with Gasteiger partial charge in [0, 0.05) is 13.6 Å². The van der Waals surface area contributed by atoms with Gasteiger partial charge in [0.1, 0.15) is 11.6 Å². The van der Waals surface area contributed by atoms with Crippen molar-refractivity contribution < 1.29 is 9.18 Å². The molecule has 1 saturated carbocycles. The molecule has 1 amide bonds. The van der Waals surface area contributed by atoms with Gasteiger partial charge in [0.15, 0.2) is 0 Å². The van der Waals surface area contributed by atoms with E-state index in [0.717, 1.165) is 6.20 Å². The zero-order chi connectivity index (χ0) is 13.7. The Morgan fingerprint density at radius 2 is 2.16 bits per heavy atom. The first-order chi connectivity index (χ1) is 9.20. The zero-order valence-corrected chi connectivity index (χ0v) is 11.2. The lowest BCUT2D eigenvalue weighted by Crippen LogP contribution is -2.31. The van der Waals surface area contributed by atoms with Crippen LogP contribution in [0.2, 0.25) is 0 Å². The van der Waals surface area contributed by atoms with E-state index in [4.69, 9.17) is 0 Å². The number of aromatic nitrogens is 1. The van der Waals surface area contributed by atoms with Crippen LogP contribution in [0.5, 0.6) is 0 Å². The number of pyridine rings is 1. The fourth-order valence-electron chi connectivity index (χ4n) is 2.54. The fourth-order valence-corrected chi connectivity index (χ4v) is 2.54. The Bertz CT molecular complexity index is 444. The van der Waals surface area contributed by atoms with Gasteiger partial charge >= 0.3 is 0 Å². The summed E-state index contributed by atoms with van der Waals surface area (Å²) in [4.78, 5) is 15.9. The number of hydrogen-bond acceptors (Lipinski definition) is 3. The van der Waals surface area contributed by atoms with E-state index in [1.165, 1.54) is 38.2 Å². The number of carbonyl (C=O) groups is 1. The van der Waals surface area contributed by atoms with Gasteiger partial charge in [-0.15, -0.1) is 0 Å². The average Bonchev–Trinajstić information content (AvgIpc) is 2.46. The molecular formula is C14H20FN3O. The van der Waals surface area contributed by atoms with Crippen molar-refractivity contribution in [1.82, 2.24) is 10.3 Å². The minimum Gasteiger partial charge on any atom is -0.372 e. The summed E-state index contributed by atoms with van der Waals surface area (Å²) >= 11 is 0. The molecule has 0 bridgehead atoms. The summed E-state index contributed by atoms with van der Waals surface area (Å²) in [5.41, 5.74) is 0.262. The average molecular weight is 265 g/mol. The molecule has 1 heterocycles. The molecule has 1 aliphatic rings. The largest absolute Gasteiger partial charge is 0.372 e. The predicted molar refractivity (Wildman–Crippen MR) is 72.6 cm³/mol. The first kappa shape index (κ1) is 13.8. The third-order valence-electron chi connectivity index (χ3n) is 3.61. The van der Waals surface area contributed by atoms with Crippen molar-refractivity contribution in [3.8, 4) is 0 Å². The Balaban J connectivity index is 1.97. The second-order valence-corrected chi connectivity index (χ2v) is 5.01. The molecule has 19 heavy (non-hydrogen) atoms. The second-order valence-electron chi connectivity index (χ2n) is 5.01. The summed E-state index contributed by atoms with van der Waals surface area (Å²) in [6, 6.07) is 1.22. The quantitative estimate of drug-likeness (QED) is 0.879. The SMILES string of the molecule is CNc1ncc(F)cc1C(=O)NCC1CCCCC1. The molecule has 0 aliphatic heterocycles. The van der Waals surface area contributed by atoms with Gasteiger partial charge in [-0.2, -0.15) is 0 Å². The van der Waals surface area contributed by atoms with Crippen LogP contribution in [-0.2, 0) is 0 Å². The van der Waals surface area contributed by atoms with Gasteiger partial charge in [0.05, 0.1) is 11.8 Å². The molecule has 1 aromatic rings. The fraction of sp³-hybridized carbons (Fsp3) is 0.571. The Morgan fingerprint density at radius 1 is 1.42 bits per heavy atom. The molecular weight excluding hydrogens is 245 g/mol. The highest BCUT2D eigenvalue weighted by Crippen LogP contribution is 2.23. The van der Waals surface area contributed by atoms with E-state index in [-0.39, 0.29) is 11.5 Å². The van der Waals surface area contributed by atoms with Crippen LogP contribution in [0.15, 0.2) is 12.3 Å². The van der Waals surface area contributed by atoms with Crippen LogP contribution in [0, 0.1) is 11.7 Å². The Labute approximate surface area is 112 Å². The molecule has 0 spiro atoms. The van der Waals surface area contributed by atoms with E-state index in [9.17, 15) is 9.18 Å². The van der Waals surface area contributed by atoms with Gasteiger partial charge in [-0.25, -0.2) is 9.37 Å². The molecule has 0 unspecified atom stereocenters. The summed E-state index contributed by atoms with van der Waals surface area (Å²) in [5, 5.41) is 5.69. The van der Waals surface area contributed by atoms with Crippen molar-refractivity contribution >= 4 is 11.7 Å². The molecule has 2 N–H and O–H groups in total. The second kappa shape index (κ2) is 6.50. The van der Waals surface area contributed by atoms with Crippen molar-refractivity contribution in [2.24, 2.45) is 5.92 Å². The molecule has 1 aliphatic carbocycles. The summed E-state index contributed by atoms with van der Waals surface area (Å²) < 4.78 is 13.2. The maximum absolute atomic E-state index is 13.2. The third kappa shape index (κ3) is 3.66. The van der Waals surface area contributed by atoms with Crippen LogP contribution in [0.4, 0.5) is 10.2 Å². The van der Waals surface area contributed by atoms with Crippen LogP contribution in [-0.4, -0.2) is 24.5 Å². The Morgan fingerprint density at radius 3 is 2.84 bits per heavy atom. The normalized spacial score (nSPS) is 16.1. The maximum Gasteiger partial charge on any atom is 0.255 e. The van der Waals surface area contributed by atoms with Gasteiger partial charge in [-0.3, -0.25) is 4.79 Å². The lowest BCUT2D eigenvalue weighted by atomic mass is 9.89. The van der Waals surface area contributed by atoms with Crippen LogP contribution in [0.1, 0.15) is 42.5 Å². The standard InChI is InChI=1S/C14H20FN3O/c1-16-13-12(7-11(15)9-17-13)14(19)18-8-10-5-3-2-4-6-10/h7,9-10H,2-6,8H2,1H3,(H,16,17)(H,18,19). The highest BCUT2D eigenvalue weighted by molar-refractivity contribution is 5.98. The van der Waals surface area contributed by atoms with Gasteiger partial charge < -0.3 is 10.6 Å². The molecule has 1 aromatic heterocycles. The predicted octanol–water partition coefficient (Wildman–Crippen LogP) is 2.57. The van der Waals surface area contributed by atoms with Crippen molar-refractivity contribution in [3.05, 3.63) is 23.6 Å². The maximum atomic E-state index is 13.2. The first-order valence-corrected chi connectivity index (χ1v) is 6.82. The molecule has 0 saturated heterocycles. The summed E-state index contributed by atoms with van der Waals surface area (Å²) in [7, 11) is 1.66. The highest BCUT2D eigenvalue weighted by atomic mass is 19.1. The molecule has 0 aromatic carbocycles. The van der Waals surface area contributed by atoms with Gasteiger partial charge in [-0.05, 0) is 24.8 Å². The van der Waals surface area contributed by atoms with Crippen LogP contribution < -0.4 is 10.6 Å². The topological polar surface area (TPSA) is 54.0 Å². The number of carbonyl (C=O) groups excluding carboxylic acids is 1. The first-order valence-electron chi connectivity index (χ1n) is 6.82. The highest BCUT2D eigenvalue weighted by Gasteiger charge is 2.17. The lowest BCUT2D eigenvalue weighted by Gasteiger charge is -2.21. The monoisotopic (exact) mass is 265 g/mol. The Kier molecular flexibility index (Phi) is 4.71. The van der Waals surface area contributed by atoms with Crippen molar-refractivity contribution in [2.45, 2.75) is 32.1 Å². The number of nitrogens with one attached hydrogen (secondary N) is 2. The van der Waals surface area contributed by atoms with Gasteiger partial charge in [-0.1, -0.05) is 19.3 Å². The van der Waals surface area contributed by atoms with E-state index < -0.39 is 5.82 Å². The van der Waals surface area contributed by atoms with Crippen LogP contribution in [0.25, 0.3) is 0 Å². The number of hydrogen-bond donors (Lipinski definition) is 2. The molecule has 2 rings (SSSR count). The zero-order valence-electron chi connectivity index (χ0n) is 11.2. The third-order valence-corrected chi connectivity index (χ3v) is 3.61. The minimum atomic E-state index is -0.498. The van der Waals surface area contributed by atoms with Crippen LogP contribution >= 0.6 is 0 Å². The number of nitrogens with zero attached hydrogens (tertiary/aromatic N) is 1. The van der Waals surface area contributed by atoms with Crippen molar-refractivity contribution in [3.63, 3.8) is 0 Å². The Hall–Kier alpha value is -1.65. The lowest BCUT2D eigenvalue weighted by molar-refractivity contribution is 0.0943. The minimum absolute atomic E-state index is 0.262. The summed E-state index contributed by atoms with van der Waals surface area (Å²) in [6.45, 7) is 0.665. The molecule has 0 radical (unpaired) electrons. The van der Waals surface area contributed by atoms with Crippen molar-refractivity contribution in [1.29, 1.82) is 0 Å². The van der Waals surface area contributed by atoms with E-state index in [2.05, 4.69) is 15.6 Å². The van der Waals surface area contributed by atoms with Gasteiger partial charge in [0.25, 0.3) is 5.91 Å². The van der Waals surface area contributed by atoms with E-state index in [1.54, 1.807) is 7.05 Å².